The molecule has 2 aliphatic rings. The molecule has 3 aromatic rings. The van der Waals surface area contributed by atoms with E-state index in [0.717, 1.165) is 15.5 Å². The highest BCUT2D eigenvalue weighted by molar-refractivity contribution is 7.09. The van der Waals surface area contributed by atoms with E-state index in [1.165, 1.54) is 48.6 Å². The molecule has 2 aromatic carbocycles. The average Bonchev–Trinajstić information content (AvgIpc) is 1.85. The first kappa shape index (κ1) is 69.9. The van der Waals surface area contributed by atoms with Gasteiger partial charge in [-0.05, 0) is 60.3 Å². The number of ether oxygens (including phenoxy) is 5. The minimum Gasteiger partial charge on any atom is -0.479 e. The van der Waals surface area contributed by atoms with Crippen LogP contribution in [0.5, 0.6) is 5.75 Å². The summed E-state index contributed by atoms with van der Waals surface area (Å²) in [5.74, 6) is -1.51. The number of nitrogens with two attached hydrogens (primary N) is 1. The van der Waals surface area contributed by atoms with E-state index < -0.39 is 127 Å². The van der Waals surface area contributed by atoms with Crippen molar-refractivity contribution in [2.24, 2.45) is 29.5 Å². The second-order valence-electron chi connectivity index (χ2n) is 22.6. The van der Waals surface area contributed by atoms with Gasteiger partial charge in [0, 0.05) is 59.3 Å². The molecule has 0 spiro atoms. The number of aromatic nitrogens is 1. The molecule has 0 saturated carbocycles. The highest BCUT2D eigenvalue weighted by Crippen LogP contribution is 2.34. The summed E-state index contributed by atoms with van der Waals surface area (Å²) >= 11 is 1.46. The van der Waals surface area contributed by atoms with E-state index in [9.17, 15) is 58.8 Å². The van der Waals surface area contributed by atoms with Crippen molar-refractivity contribution in [3.63, 3.8) is 0 Å². The van der Waals surface area contributed by atoms with Gasteiger partial charge in [-0.3, -0.25) is 39.1 Å². The zero-order valence-corrected chi connectivity index (χ0v) is 51.6. The Kier molecular flexibility index (Phi) is 26.6. The van der Waals surface area contributed by atoms with Gasteiger partial charge in [0.2, 0.25) is 41.7 Å². The van der Waals surface area contributed by atoms with E-state index in [1.807, 2.05) is 55.0 Å². The number of carbonyl (C=O) groups excluding carboxylic acids is 7. The summed E-state index contributed by atoms with van der Waals surface area (Å²) in [4.78, 5) is 117. The maximum absolute atomic E-state index is 14.8. The fourth-order valence-corrected chi connectivity index (χ4v) is 11.7. The predicted octanol–water partition coefficient (Wildman–Crippen LogP) is 2.88. The van der Waals surface area contributed by atoms with Crippen LogP contribution in [0.2, 0.25) is 0 Å². The first-order chi connectivity index (χ1) is 40.8. The van der Waals surface area contributed by atoms with Crippen LogP contribution in [0.1, 0.15) is 109 Å². The van der Waals surface area contributed by atoms with Gasteiger partial charge in [0.05, 0.1) is 48.4 Å². The highest BCUT2D eigenvalue weighted by atomic mass is 32.1. The van der Waals surface area contributed by atoms with Crippen LogP contribution < -0.4 is 32.0 Å². The van der Waals surface area contributed by atoms with Gasteiger partial charge >= 0.3 is 12.1 Å². The summed E-state index contributed by atoms with van der Waals surface area (Å²) in [5.41, 5.74) is 3.07. The topological polar surface area (TPSA) is 360 Å². The SMILES string of the molecule is CCC(C)[C@@H]([C@@H](CC(=O)N1CCC[C@H]1[C@H](OC)[C@@H](C)C(=O)NC(Cc1ccccc1)c1nccs1)OC)N(C)C(=O)C(NC(=O)[C@H](C(C)C)N(C)C(=O)OCc1ccc(O[C@@H]2OC(C(=O)O)[C@@H](O)[C@H](O)C2O)c(NC(=O)CCC(=O)NN)c1)C(C)C. The van der Waals surface area contributed by atoms with E-state index in [2.05, 4.69) is 20.9 Å². The fraction of sp³-hybridized carbons (Fsp3) is 0.610. The van der Waals surface area contributed by atoms with Gasteiger partial charge in [-0.25, -0.2) is 20.4 Å². The quantitative estimate of drug-likeness (QED) is 0.0263. The van der Waals surface area contributed by atoms with Crippen molar-refractivity contribution in [2.45, 2.75) is 173 Å². The molecule has 10 N–H and O–H groups in total. The number of rotatable bonds is 30. The van der Waals surface area contributed by atoms with Crippen LogP contribution in [-0.4, -0.2) is 190 Å². The molecule has 0 bridgehead atoms. The Morgan fingerprint density at radius 2 is 1.53 bits per heavy atom. The Bertz CT molecular complexity index is 2740. The Labute approximate surface area is 505 Å². The standard InChI is InChI=1S/C59H87N9O17S/c1-12-33(6)47(41(81-10)29-44(71)68-25-16-19-39(68)51(82-11)34(7)53(75)63-38(55-61-24-26-86-55)27-35-17-14-13-15-18-35)66(8)56(77)45(31(2)3)64-54(76)46(32(4)5)67(9)59(80)83-30-36-20-21-40(37(28-36)62-42(69)22-23-43(70)65-60)84-58-50(74)48(72)49(73)52(85-58)57(78)79/h13-15,17-18,20-21,24,26,28,31-34,38-39,41,45-52,58,72-74H,12,16,19,22-23,25,27,29-30,60H2,1-11H3,(H,62,69)(H,63,75)(H,64,76)(H,65,70)(H,78,79)/t33?,34-,38?,39+,41-,45?,46+,47+,48+,49+,50?,51-,52?,58-/m1/s1. The largest absolute Gasteiger partial charge is 0.479 e. The molecule has 26 nitrogen and oxygen atoms in total. The molecule has 86 heavy (non-hydrogen) atoms. The summed E-state index contributed by atoms with van der Waals surface area (Å²) in [6.45, 7) is 12.7. The number of nitrogens with one attached hydrogen (secondary N) is 4. The lowest BCUT2D eigenvalue weighted by Gasteiger charge is -2.41. The molecular formula is C59H87N9O17S. The normalized spacial score (nSPS) is 21.4. The van der Waals surface area contributed by atoms with Gasteiger partial charge in [0.15, 0.2) is 6.10 Å². The maximum atomic E-state index is 14.8. The molecule has 1 aromatic heterocycles. The second-order valence-corrected chi connectivity index (χ2v) is 23.5. The van der Waals surface area contributed by atoms with Gasteiger partial charge < -0.3 is 69.9 Å². The summed E-state index contributed by atoms with van der Waals surface area (Å²) < 4.78 is 28.8. The number of likely N-dealkylation sites (tertiary alicyclic amines) is 1. The Balaban J connectivity index is 1.27. The third kappa shape index (κ3) is 18.1. The summed E-state index contributed by atoms with van der Waals surface area (Å²) in [6, 6.07) is 10.1. The Hall–Kier alpha value is -6.85. The monoisotopic (exact) mass is 1230 g/mol. The van der Waals surface area contributed by atoms with Crippen LogP contribution >= 0.6 is 11.3 Å². The fourth-order valence-electron chi connectivity index (χ4n) is 11.0. The van der Waals surface area contributed by atoms with Crippen LogP contribution in [0.3, 0.4) is 0 Å². The number of hydrogen-bond acceptors (Lipinski definition) is 19. The van der Waals surface area contributed by atoms with Crippen LogP contribution in [-0.2, 0) is 65.5 Å². The molecule has 2 aliphatic heterocycles. The van der Waals surface area contributed by atoms with E-state index in [4.69, 9.17) is 29.5 Å². The molecule has 14 atom stereocenters. The summed E-state index contributed by atoms with van der Waals surface area (Å²) in [6.07, 6.45) is -8.87. The number of carboxylic acids is 1. The van der Waals surface area contributed by atoms with E-state index in [-0.39, 0.29) is 60.0 Å². The van der Waals surface area contributed by atoms with Crippen LogP contribution in [0.25, 0.3) is 0 Å². The number of hydrazine groups is 1. The third-order valence-electron chi connectivity index (χ3n) is 15.9. The minimum absolute atomic E-state index is 0.102. The molecule has 3 heterocycles. The van der Waals surface area contributed by atoms with E-state index in [0.29, 0.717) is 32.2 Å². The lowest BCUT2D eigenvalue weighted by Crippen LogP contribution is -2.61. The van der Waals surface area contributed by atoms with Crippen molar-refractivity contribution in [3.05, 3.63) is 76.2 Å². The number of benzene rings is 2. The summed E-state index contributed by atoms with van der Waals surface area (Å²) in [7, 11) is 6.00. The number of hydrogen-bond donors (Lipinski definition) is 9. The molecular weight excluding hydrogens is 1140 g/mol. The number of aliphatic hydroxyl groups is 3. The van der Waals surface area contributed by atoms with Gasteiger partial charge in [-0.15, -0.1) is 11.3 Å². The van der Waals surface area contributed by atoms with Crippen molar-refractivity contribution in [3.8, 4) is 5.75 Å². The van der Waals surface area contributed by atoms with Gasteiger partial charge in [-0.2, -0.15) is 0 Å². The Morgan fingerprint density at radius 3 is 2.13 bits per heavy atom. The number of amides is 7. The summed E-state index contributed by atoms with van der Waals surface area (Å²) in [5, 5.41) is 52.0. The second kappa shape index (κ2) is 32.8. The van der Waals surface area contributed by atoms with Gasteiger partial charge in [0.25, 0.3) is 0 Å². The van der Waals surface area contributed by atoms with Crippen molar-refractivity contribution in [1.82, 2.24) is 35.7 Å². The number of nitrogens with zero attached hydrogens (tertiary/aromatic N) is 4. The van der Waals surface area contributed by atoms with Gasteiger partial charge in [0.1, 0.15) is 47.8 Å². The number of carbonyl (C=O) groups is 8. The van der Waals surface area contributed by atoms with Crippen molar-refractivity contribution in [2.75, 3.05) is 40.2 Å². The number of aliphatic carboxylic acids is 1. The lowest BCUT2D eigenvalue weighted by atomic mass is 9.89. The highest BCUT2D eigenvalue weighted by Gasteiger charge is 2.49. The Morgan fingerprint density at radius 1 is 0.849 bits per heavy atom. The zero-order valence-electron chi connectivity index (χ0n) is 50.7. The first-order valence-electron chi connectivity index (χ1n) is 28.8. The lowest BCUT2D eigenvalue weighted by molar-refractivity contribution is -0.271. The van der Waals surface area contributed by atoms with Crippen LogP contribution in [0, 0.1) is 23.7 Å². The number of anilines is 1. The third-order valence-corrected chi connectivity index (χ3v) is 16.8. The van der Waals surface area contributed by atoms with E-state index >= 15 is 0 Å². The molecule has 0 radical (unpaired) electrons. The molecule has 476 valence electrons. The van der Waals surface area contributed by atoms with Crippen molar-refractivity contribution >= 4 is 64.5 Å². The molecule has 5 rings (SSSR count). The molecule has 7 amide bonds. The number of thiazole rings is 1. The van der Waals surface area contributed by atoms with Crippen molar-refractivity contribution in [1.29, 1.82) is 0 Å². The zero-order chi connectivity index (χ0) is 63.7. The molecule has 2 saturated heterocycles. The van der Waals surface area contributed by atoms with Crippen LogP contribution in [0.4, 0.5) is 10.5 Å². The minimum atomic E-state index is -2.01. The number of aliphatic hydroxyl groups excluding tert-OH is 3. The predicted molar refractivity (Wildman–Crippen MR) is 314 cm³/mol. The first-order valence-corrected chi connectivity index (χ1v) is 29.7. The van der Waals surface area contributed by atoms with Crippen LogP contribution in [0.15, 0.2) is 60.1 Å². The maximum Gasteiger partial charge on any atom is 0.410 e. The number of carboxylic acid groups (broad SMARTS) is 1. The number of methoxy groups -OCH3 is 2. The van der Waals surface area contributed by atoms with Crippen molar-refractivity contribution < 1.29 is 82.5 Å². The molecule has 2 fully saturated rings. The molecule has 27 heteroatoms. The smallest absolute Gasteiger partial charge is 0.410 e. The van der Waals surface area contributed by atoms with E-state index in [1.54, 1.807) is 59.9 Å². The molecule has 5 unspecified atom stereocenters. The molecule has 0 aliphatic carbocycles. The average molecular weight is 1230 g/mol. The van der Waals surface area contributed by atoms with Gasteiger partial charge in [-0.1, -0.05) is 91.3 Å². The number of likely N-dealkylation sites (N-methyl/N-ethyl adjacent to an activating group) is 2.